The SMILES string of the molecule is COC(=O)C1CCN(C(=O)CN2CCCC(c3nc(-c4cccc(F)c4)no3)C2)CC1. The lowest BCUT2D eigenvalue weighted by Crippen LogP contribution is -2.47. The third-order valence-corrected chi connectivity index (χ3v) is 6.12. The van der Waals surface area contributed by atoms with E-state index in [2.05, 4.69) is 15.0 Å². The van der Waals surface area contributed by atoms with Crippen LogP contribution in [0.25, 0.3) is 11.4 Å². The van der Waals surface area contributed by atoms with Crippen molar-refractivity contribution in [2.24, 2.45) is 5.92 Å². The van der Waals surface area contributed by atoms with Crippen molar-refractivity contribution in [2.75, 3.05) is 39.8 Å². The number of hydrogen-bond acceptors (Lipinski definition) is 7. The number of piperidine rings is 2. The fourth-order valence-corrected chi connectivity index (χ4v) is 4.37. The number of esters is 1. The Bertz CT molecular complexity index is 926. The maximum Gasteiger partial charge on any atom is 0.308 e. The van der Waals surface area contributed by atoms with Crippen LogP contribution in [0.5, 0.6) is 0 Å². The van der Waals surface area contributed by atoms with Crippen LogP contribution in [0.4, 0.5) is 4.39 Å². The number of ether oxygens (including phenoxy) is 1. The highest BCUT2D eigenvalue weighted by atomic mass is 19.1. The molecule has 2 saturated heterocycles. The molecule has 2 aromatic rings. The number of methoxy groups -OCH3 is 1. The molecule has 9 heteroatoms. The molecule has 0 saturated carbocycles. The molecule has 1 aromatic carbocycles. The van der Waals surface area contributed by atoms with E-state index in [4.69, 9.17) is 9.26 Å². The van der Waals surface area contributed by atoms with Gasteiger partial charge in [-0.2, -0.15) is 4.98 Å². The highest BCUT2D eigenvalue weighted by molar-refractivity contribution is 5.79. The zero-order valence-electron chi connectivity index (χ0n) is 17.6. The maximum absolute atomic E-state index is 13.5. The second-order valence-electron chi connectivity index (χ2n) is 8.22. The van der Waals surface area contributed by atoms with Gasteiger partial charge in [0.15, 0.2) is 0 Å². The fourth-order valence-electron chi connectivity index (χ4n) is 4.37. The monoisotopic (exact) mass is 430 g/mol. The van der Waals surface area contributed by atoms with Crippen LogP contribution in [-0.2, 0) is 14.3 Å². The van der Waals surface area contributed by atoms with E-state index in [0.717, 1.165) is 19.4 Å². The second-order valence-corrected chi connectivity index (χ2v) is 8.22. The molecule has 1 aromatic heterocycles. The molecule has 31 heavy (non-hydrogen) atoms. The summed E-state index contributed by atoms with van der Waals surface area (Å²) in [6, 6.07) is 6.11. The van der Waals surface area contributed by atoms with Crippen molar-refractivity contribution in [3.05, 3.63) is 36.0 Å². The minimum Gasteiger partial charge on any atom is -0.469 e. The van der Waals surface area contributed by atoms with Crippen molar-refractivity contribution < 1.29 is 23.2 Å². The maximum atomic E-state index is 13.5. The Hall–Kier alpha value is -2.81. The van der Waals surface area contributed by atoms with E-state index in [-0.39, 0.29) is 29.5 Å². The minimum atomic E-state index is -0.346. The van der Waals surface area contributed by atoms with Crippen molar-refractivity contribution in [1.82, 2.24) is 19.9 Å². The van der Waals surface area contributed by atoms with Gasteiger partial charge >= 0.3 is 5.97 Å². The molecule has 3 heterocycles. The molecule has 0 N–H and O–H groups in total. The molecular weight excluding hydrogens is 403 g/mol. The van der Waals surface area contributed by atoms with Gasteiger partial charge in [-0.25, -0.2) is 4.39 Å². The van der Waals surface area contributed by atoms with E-state index in [9.17, 15) is 14.0 Å². The number of nitrogens with zero attached hydrogens (tertiary/aromatic N) is 4. The molecule has 0 bridgehead atoms. The first-order chi connectivity index (χ1) is 15.0. The molecule has 0 aliphatic carbocycles. The summed E-state index contributed by atoms with van der Waals surface area (Å²) in [6.07, 6.45) is 3.12. The number of hydrogen-bond donors (Lipinski definition) is 0. The van der Waals surface area contributed by atoms with Gasteiger partial charge in [0.25, 0.3) is 0 Å². The molecule has 2 aliphatic rings. The number of likely N-dealkylation sites (tertiary alicyclic amines) is 2. The van der Waals surface area contributed by atoms with Crippen molar-refractivity contribution in [3.63, 3.8) is 0 Å². The van der Waals surface area contributed by atoms with Gasteiger partial charge in [-0.05, 0) is 44.4 Å². The van der Waals surface area contributed by atoms with Gasteiger partial charge < -0.3 is 14.2 Å². The molecule has 8 nitrogen and oxygen atoms in total. The number of benzene rings is 1. The Labute approximate surface area is 180 Å². The van der Waals surface area contributed by atoms with Crippen LogP contribution in [0.2, 0.25) is 0 Å². The largest absolute Gasteiger partial charge is 0.469 e. The van der Waals surface area contributed by atoms with E-state index >= 15 is 0 Å². The summed E-state index contributed by atoms with van der Waals surface area (Å²) in [4.78, 5) is 32.8. The zero-order chi connectivity index (χ0) is 21.8. The molecule has 1 atom stereocenters. The number of carbonyl (C=O) groups is 2. The summed E-state index contributed by atoms with van der Waals surface area (Å²) in [7, 11) is 1.40. The zero-order valence-corrected chi connectivity index (χ0v) is 17.6. The Morgan fingerprint density at radius 3 is 2.77 bits per heavy atom. The van der Waals surface area contributed by atoms with E-state index < -0.39 is 0 Å². The van der Waals surface area contributed by atoms with Gasteiger partial charge in [-0.1, -0.05) is 17.3 Å². The molecule has 1 amide bonds. The van der Waals surface area contributed by atoms with Gasteiger partial charge in [0.1, 0.15) is 5.82 Å². The third-order valence-electron chi connectivity index (χ3n) is 6.12. The molecule has 2 fully saturated rings. The van der Waals surface area contributed by atoms with Crippen LogP contribution in [0.15, 0.2) is 28.8 Å². The average Bonchev–Trinajstić information content (AvgIpc) is 3.29. The number of halogens is 1. The normalized spacial score (nSPS) is 20.6. The summed E-state index contributed by atoms with van der Waals surface area (Å²) in [5.74, 6) is 0.367. The summed E-state index contributed by atoms with van der Waals surface area (Å²) >= 11 is 0. The molecular formula is C22H27FN4O4. The van der Waals surface area contributed by atoms with E-state index in [0.29, 0.717) is 56.3 Å². The first-order valence-corrected chi connectivity index (χ1v) is 10.7. The number of carbonyl (C=O) groups excluding carboxylic acids is 2. The standard InChI is InChI=1S/C22H27FN4O4/c1-30-22(29)15-7-10-27(11-8-15)19(28)14-26-9-3-5-17(13-26)21-24-20(25-31-21)16-4-2-6-18(23)12-16/h2,4,6,12,15,17H,3,5,7-11,13-14H2,1H3. The fraction of sp³-hybridized carbons (Fsp3) is 0.545. The van der Waals surface area contributed by atoms with Gasteiger partial charge in [0, 0.05) is 25.2 Å². The molecule has 0 spiro atoms. The molecule has 166 valence electrons. The Morgan fingerprint density at radius 1 is 1.23 bits per heavy atom. The Morgan fingerprint density at radius 2 is 2.03 bits per heavy atom. The summed E-state index contributed by atoms with van der Waals surface area (Å²) in [5, 5.41) is 4.01. The highest BCUT2D eigenvalue weighted by Gasteiger charge is 2.31. The molecule has 1 unspecified atom stereocenters. The number of aromatic nitrogens is 2. The van der Waals surface area contributed by atoms with Gasteiger partial charge in [0.2, 0.25) is 17.6 Å². The van der Waals surface area contributed by atoms with Crippen LogP contribution in [0, 0.1) is 11.7 Å². The van der Waals surface area contributed by atoms with Crippen molar-refractivity contribution >= 4 is 11.9 Å². The van der Waals surface area contributed by atoms with Gasteiger partial charge in [-0.3, -0.25) is 14.5 Å². The molecule has 0 radical (unpaired) electrons. The minimum absolute atomic E-state index is 0.0430. The van der Waals surface area contributed by atoms with Crippen LogP contribution in [-0.4, -0.2) is 71.7 Å². The van der Waals surface area contributed by atoms with E-state index in [1.165, 1.54) is 19.2 Å². The summed E-state index contributed by atoms with van der Waals surface area (Å²) < 4.78 is 23.7. The Kier molecular flexibility index (Phi) is 6.60. The van der Waals surface area contributed by atoms with Gasteiger partial charge in [-0.15, -0.1) is 0 Å². The predicted octanol–water partition coefficient (Wildman–Crippen LogP) is 2.47. The van der Waals surface area contributed by atoms with Crippen molar-refractivity contribution in [2.45, 2.75) is 31.6 Å². The lowest BCUT2D eigenvalue weighted by atomic mass is 9.96. The van der Waals surface area contributed by atoms with E-state index in [1.807, 2.05) is 4.90 Å². The first-order valence-electron chi connectivity index (χ1n) is 10.7. The quantitative estimate of drug-likeness (QED) is 0.673. The first kappa shape index (κ1) is 21.4. The third kappa shape index (κ3) is 5.10. The van der Waals surface area contributed by atoms with Crippen molar-refractivity contribution in [3.8, 4) is 11.4 Å². The summed E-state index contributed by atoms with van der Waals surface area (Å²) in [6.45, 7) is 3.00. The lowest BCUT2D eigenvalue weighted by molar-refractivity contribution is -0.149. The Balaban J connectivity index is 1.32. The predicted molar refractivity (Wildman–Crippen MR) is 109 cm³/mol. The smallest absolute Gasteiger partial charge is 0.308 e. The van der Waals surface area contributed by atoms with Crippen LogP contribution in [0.3, 0.4) is 0 Å². The molecule has 4 rings (SSSR count). The summed E-state index contributed by atoms with van der Waals surface area (Å²) in [5.41, 5.74) is 0.577. The van der Waals surface area contributed by atoms with Crippen LogP contribution in [0.1, 0.15) is 37.5 Å². The second kappa shape index (κ2) is 9.55. The lowest BCUT2D eigenvalue weighted by Gasteiger charge is -2.35. The number of rotatable bonds is 5. The topological polar surface area (TPSA) is 88.8 Å². The number of amides is 1. The highest BCUT2D eigenvalue weighted by Crippen LogP contribution is 2.28. The van der Waals surface area contributed by atoms with E-state index in [1.54, 1.807) is 12.1 Å². The molecule has 2 aliphatic heterocycles. The van der Waals surface area contributed by atoms with Crippen LogP contribution < -0.4 is 0 Å². The van der Waals surface area contributed by atoms with Crippen molar-refractivity contribution in [1.29, 1.82) is 0 Å². The van der Waals surface area contributed by atoms with Crippen LogP contribution >= 0.6 is 0 Å². The average molecular weight is 430 g/mol. The van der Waals surface area contributed by atoms with Gasteiger partial charge in [0.05, 0.1) is 25.5 Å².